The van der Waals surface area contributed by atoms with Crippen LogP contribution in [0.3, 0.4) is 0 Å². The fourth-order valence-corrected chi connectivity index (χ4v) is 6.19. The summed E-state index contributed by atoms with van der Waals surface area (Å²) in [6.07, 6.45) is 5.19. The van der Waals surface area contributed by atoms with Gasteiger partial charge in [0.2, 0.25) is 0 Å². The Balaban J connectivity index is 1.72. The van der Waals surface area contributed by atoms with Crippen molar-refractivity contribution in [3.8, 4) is 11.5 Å². The second-order valence-electron chi connectivity index (χ2n) is 8.01. The molecule has 2 bridgehead atoms. The predicted molar refractivity (Wildman–Crippen MR) is 91.4 cm³/mol. The highest BCUT2D eigenvalue weighted by atomic mass is 16.5. The standard InChI is InChI=1S/C20H25NO3/c1-3-11(2)21-9-8-20-13-5-7-16(23)19(20)24-18-15(22)6-4-12(17(18)20)10-14(13)21/h3-4,6,11,13-14,16,19,22-23H,1,5,7-10H2,2H3/t11-,13?,14-,16?,19+,20+/m1/s1. The molecule has 4 heteroatoms. The van der Waals surface area contributed by atoms with E-state index in [9.17, 15) is 10.2 Å². The highest BCUT2D eigenvalue weighted by Gasteiger charge is 2.65. The Morgan fingerprint density at radius 2 is 2.25 bits per heavy atom. The van der Waals surface area contributed by atoms with Crippen molar-refractivity contribution in [2.24, 2.45) is 5.92 Å². The predicted octanol–water partition coefficient (Wildman–Crippen LogP) is 2.37. The van der Waals surface area contributed by atoms with Crippen LogP contribution in [-0.4, -0.2) is 45.9 Å². The molecule has 4 aliphatic rings. The van der Waals surface area contributed by atoms with Crippen LogP contribution in [0.1, 0.15) is 37.3 Å². The van der Waals surface area contributed by atoms with E-state index >= 15 is 0 Å². The summed E-state index contributed by atoms with van der Waals surface area (Å²) in [5.74, 6) is 1.36. The minimum atomic E-state index is -0.442. The zero-order chi connectivity index (χ0) is 16.6. The zero-order valence-corrected chi connectivity index (χ0v) is 14.1. The molecular weight excluding hydrogens is 302 g/mol. The summed E-state index contributed by atoms with van der Waals surface area (Å²) in [5.41, 5.74) is 2.38. The van der Waals surface area contributed by atoms with Crippen molar-refractivity contribution in [1.82, 2.24) is 4.90 Å². The van der Waals surface area contributed by atoms with E-state index in [-0.39, 0.29) is 17.3 Å². The molecule has 1 saturated heterocycles. The summed E-state index contributed by atoms with van der Waals surface area (Å²) in [6, 6.07) is 4.64. The molecule has 0 radical (unpaired) electrons. The lowest BCUT2D eigenvalue weighted by Crippen LogP contribution is -2.67. The minimum Gasteiger partial charge on any atom is -0.504 e. The molecular formula is C20H25NO3. The Hall–Kier alpha value is -1.52. The van der Waals surface area contributed by atoms with Crippen LogP contribution in [-0.2, 0) is 11.8 Å². The van der Waals surface area contributed by atoms with Crippen LogP contribution in [0, 0.1) is 5.92 Å². The largest absolute Gasteiger partial charge is 0.504 e. The van der Waals surface area contributed by atoms with Gasteiger partial charge in [0.15, 0.2) is 11.5 Å². The van der Waals surface area contributed by atoms with Gasteiger partial charge >= 0.3 is 0 Å². The highest BCUT2D eigenvalue weighted by molar-refractivity contribution is 5.60. The van der Waals surface area contributed by atoms with Gasteiger partial charge in [0.25, 0.3) is 0 Å². The third-order valence-corrected chi connectivity index (χ3v) is 7.19. The van der Waals surface area contributed by atoms with Gasteiger partial charge in [0, 0.05) is 29.6 Å². The monoisotopic (exact) mass is 327 g/mol. The second-order valence-corrected chi connectivity index (χ2v) is 8.01. The van der Waals surface area contributed by atoms with Gasteiger partial charge in [-0.3, -0.25) is 4.90 Å². The molecule has 2 fully saturated rings. The number of phenolic OH excluding ortho intramolecular Hbond substituents is 1. The summed E-state index contributed by atoms with van der Waals surface area (Å²) in [7, 11) is 0. The van der Waals surface area contributed by atoms with Crippen molar-refractivity contribution in [2.75, 3.05) is 6.54 Å². The van der Waals surface area contributed by atoms with Crippen LogP contribution in [0.5, 0.6) is 11.5 Å². The Bertz CT molecular complexity index is 717. The van der Waals surface area contributed by atoms with E-state index in [0.717, 1.165) is 32.2 Å². The molecule has 24 heavy (non-hydrogen) atoms. The van der Waals surface area contributed by atoms with Gasteiger partial charge in [-0.1, -0.05) is 12.1 Å². The van der Waals surface area contributed by atoms with Crippen molar-refractivity contribution in [3.63, 3.8) is 0 Å². The molecule has 0 amide bonds. The number of rotatable bonds is 2. The van der Waals surface area contributed by atoms with E-state index < -0.39 is 6.10 Å². The summed E-state index contributed by atoms with van der Waals surface area (Å²) in [6.45, 7) is 7.22. The number of likely N-dealkylation sites (tertiary alicyclic amines) is 1. The summed E-state index contributed by atoms with van der Waals surface area (Å²) in [5, 5.41) is 21.0. The van der Waals surface area contributed by atoms with Crippen LogP contribution in [0.4, 0.5) is 0 Å². The highest BCUT2D eigenvalue weighted by Crippen LogP contribution is 2.63. The van der Waals surface area contributed by atoms with Gasteiger partial charge in [0.05, 0.1) is 6.10 Å². The Morgan fingerprint density at radius 3 is 3.04 bits per heavy atom. The van der Waals surface area contributed by atoms with Crippen molar-refractivity contribution in [3.05, 3.63) is 35.9 Å². The molecule has 1 spiro atoms. The van der Waals surface area contributed by atoms with E-state index in [1.54, 1.807) is 6.07 Å². The Kier molecular flexibility index (Phi) is 2.94. The van der Waals surface area contributed by atoms with E-state index in [2.05, 4.69) is 24.5 Å². The number of hydrogen-bond acceptors (Lipinski definition) is 4. The molecule has 6 atom stereocenters. The number of aliphatic hydroxyl groups excluding tert-OH is 1. The first-order valence-corrected chi connectivity index (χ1v) is 9.16. The first-order chi connectivity index (χ1) is 11.6. The number of benzene rings is 1. The van der Waals surface area contributed by atoms with Gasteiger partial charge in [-0.25, -0.2) is 0 Å². The molecule has 4 nitrogen and oxygen atoms in total. The molecule has 0 aromatic heterocycles. The van der Waals surface area contributed by atoms with Gasteiger partial charge in [-0.15, -0.1) is 6.58 Å². The lowest BCUT2D eigenvalue weighted by atomic mass is 9.51. The smallest absolute Gasteiger partial charge is 0.165 e. The topological polar surface area (TPSA) is 52.9 Å². The van der Waals surface area contributed by atoms with E-state index in [4.69, 9.17) is 4.74 Å². The summed E-state index contributed by atoms with van der Waals surface area (Å²) >= 11 is 0. The molecule has 2 aliphatic heterocycles. The van der Waals surface area contributed by atoms with Crippen molar-refractivity contribution in [2.45, 2.75) is 62.3 Å². The Morgan fingerprint density at radius 1 is 1.42 bits per heavy atom. The third-order valence-electron chi connectivity index (χ3n) is 7.19. The van der Waals surface area contributed by atoms with Gasteiger partial charge in [-0.2, -0.15) is 0 Å². The Labute approximate surface area is 142 Å². The molecule has 128 valence electrons. The minimum absolute atomic E-state index is 0.124. The average molecular weight is 327 g/mol. The van der Waals surface area contributed by atoms with Crippen LogP contribution in [0.2, 0.25) is 0 Å². The first-order valence-electron chi connectivity index (χ1n) is 9.16. The summed E-state index contributed by atoms with van der Waals surface area (Å²) in [4.78, 5) is 2.59. The molecule has 2 N–H and O–H groups in total. The van der Waals surface area contributed by atoms with Gasteiger partial charge in [0.1, 0.15) is 6.10 Å². The third kappa shape index (κ3) is 1.56. The van der Waals surface area contributed by atoms with Gasteiger partial charge in [-0.05, 0) is 50.2 Å². The molecule has 2 heterocycles. The van der Waals surface area contributed by atoms with E-state index in [1.165, 1.54) is 11.1 Å². The van der Waals surface area contributed by atoms with Crippen LogP contribution < -0.4 is 4.74 Å². The van der Waals surface area contributed by atoms with Gasteiger partial charge < -0.3 is 14.9 Å². The zero-order valence-electron chi connectivity index (χ0n) is 14.1. The normalized spacial score (nSPS) is 40.6. The fraction of sp³-hybridized carbons (Fsp3) is 0.600. The van der Waals surface area contributed by atoms with Crippen LogP contribution >= 0.6 is 0 Å². The van der Waals surface area contributed by atoms with Crippen molar-refractivity contribution >= 4 is 0 Å². The van der Waals surface area contributed by atoms with Crippen molar-refractivity contribution < 1.29 is 14.9 Å². The van der Waals surface area contributed by atoms with Crippen molar-refractivity contribution in [1.29, 1.82) is 0 Å². The number of aromatic hydroxyl groups is 1. The van der Waals surface area contributed by atoms with Crippen LogP contribution in [0.15, 0.2) is 24.8 Å². The molecule has 2 aliphatic carbocycles. The maximum atomic E-state index is 10.7. The quantitative estimate of drug-likeness (QED) is 0.819. The van der Waals surface area contributed by atoms with E-state index in [0.29, 0.717) is 23.8 Å². The molecule has 1 saturated carbocycles. The SMILES string of the molecule is C=C[C@@H](C)N1CC[C@]23c4c5ccc(O)c4O[C@H]2C(O)CCC3[C@H]1C5. The first kappa shape index (κ1) is 14.8. The number of ether oxygens (including phenoxy) is 1. The second kappa shape index (κ2) is 4.77. The fourth-order valence-electron chi connectivity index (χ4n) is 6.19. The molecule has 1 aromatic rings. The number of piperidine rings is 1. The number of phenols is 1. The maximum absolute atomic E-state index is 10.7. The average Bonchev–Trinajstić information content (AvgIpc) is 2.93. The summed E-state index contributed by atoms with van der Waals surface area (Å²) < 4.78 is 6.20. The van der Waals surface area contributed by atoms with Crippen LogP contribution in [0.25, 0.3) is 0 Å². The number of aliphatic hydroxyl groups is 1. The molecule has 1 aromatic carbocycles. The number of hydrogen-bond donors (Lipinski definition) is 2. The number of nitrogens with zero attached hydrogens (tertiary/aromatic N) is 1. The molecule has 5 rings (SSSR count). The van der Waals surface area contributed by atoms with E-state index in [1.807, 2.05) is 6.08 Å². The molecule has 2 unspecified atom stereocenters. The lowest BCUT2D eigenvalue weighted by Gasteiger charge is -2.59. The lowest BCUT2D eigenvalue weighted by molar-refractivity contribution is -0.107. The maximum Gasteiger partial charge on any atom is 0.165 e.